The third-order valence-corrected chi connectivity index (χ3v) is 5.90. The number of nitrogens with zero attached hydrogens (tertiary/aromatic N) is 2. The lowest BCUT2D eigenvalue weighted by molar-refractivity contribution is 0.0623. The van der Waals surface area contributed by atoms with E-state index >= 15 is 0 Å². The number of aromatic nitrogens is 1. The molecule has 1 saturated carbocycles. The van der Waals surface area contributed by atoms with Crippen molar-refractivity contribution < 1.29 is 4.79 Å². The van der Waals surface area contributed by atoms with Crippen LogP contribution < -0.4 is 5.32 Å². The zero-order valence-electron chi connectivity index (χ0n) is 12.6. The highest BCUT2D eigenvalue weighted by atomic mass is 16.2. The molecule has 3 heterocycles. The van der Waals surface area contributed by atoms with E-state index in [4.69, 9.17) is 0 Å². The largest absolute Gasteiger partial charge is 0.329 e. The van der Waals surface area contributed by atoms with E-state index in [9.17, 15) is 4.79 Å². The van der Waals surface area contributed by atoms with E-state index in [0.29, 0.717) is 23.8 Å². The van der Waals surface area contributed by atoms with E-state index in [-0.39, 0.29) is 11.3 Å². The highest BCUT2D eigenvalue weighted by molar-refractivity contribution is 5.93. The zero-order chi connectivity index (χ0) is 14.4. The molecule has 1 aliphatic carbocycles. The predicted molar refractivity (Wildman–Crippen MR) is 81.0 cm³/mol. The molecular weight excluding hydrogens is 262 g/mol. The molecule has 2 saturated heterocycles. The molecule has 4 rings (SSSR count). The van der Waals surface area contributed by atoms with Gasteiger partial charge in [0.15, 0.2) is 0 Å². The van der Waals surface area contributed by atoms with Gasteiger partial charge in [-0.15, -0.1) is 0 Å². The molecule has 0 spiro atoms. The van der Waals surface area contributed by atoms with Crippen LogP contribution in [-0.2, 0) is 0 Å². The fraction of sp³-hybridized carbons (Fsp3) is 0.647. The Bertz CT molecular complexity index is 546. The Labute approximate surface area is 125 Å². The van der Waals surface area contributed by atoms with Gasteiger partial charge in [0.2, 0.25) is 0 Å². The first kappa shape index (κ1) is 13.3. The Kier molecular flexibility index (Phi) is 3.03. The minimum atomic E-state index is 0.124. The van der Waals surface area contributed by atoms with Gasteiger partial charge in [-0.1, -0.05) is 25.8 Å². The lowest BCUT2D eigenvalue weighted by atomic mass is 9.72. The van der Waals surface area contributed by atoms with Crippen LogP contribution in [0, 0.1) is 5.41 Å². The summed E-state index contributed by atoms with van der Waals surface area (Å²) in [6.07, 6.45) is 7.77. The number of pyridine rings is 1. The maximum atomic E-state index is 13.0. The average molecular weight is 285 g/mol. The molecule has 0 unspecified atom stereocenters. The van der Waals surface area contributed by atoms with Crippen LogP contribution in [0.25, 0.3) is 0 Å². The monoisotopic (exact) mass is 285 g/mol. The van der Waals surface area contributed by atoms with E-state index in [1.807, 2.05) is 18.2 Å². The summed E-state index contributed by atoms with van der Waals surface area (Å²) in [7, 11) is 0. The molecule has 112 valence electrons. The molecule has 1 amide bonds. The number of piperidine rings is 1. The summed E-state index contributed by atoms with van der Waals surface area (Å²) in [5, 5.41) is 3.71. The van der Waals surface area contributed by atoms with Gasteiger partial charge in [-0.3, -0.25) is 9.78 Å². The highest BCUT2D eigenvalue weighted by Crippen LogP contribution is 2.50. The quantitative estimate of drug-likeness (QED) is 0.860. The van der Waals surface area contributed by atoms with Gasteiger partial charge < -0.3 is 10.2 Å². The third-order valence-electron chi connectivity index (χ3n) is 5.90. The van der Waals surface area contributed by atoms with Crippen LogP contribution in [0.15, 0.2) is 24.4 Å². The average Bonchev–Trinajstić information content (AvgIpc) is 2.63. The first-order valence-corrected chi connectivity index (χ1v) is 8.17. The number of likely N-dealkylation sites (tertiary alicyclic amines) is 1. The topological polar surface area (TPSA) is 45.2 Å². The molecule has 3 aliphatic rings. The minimum Gasteiger partial charge on any atom is -0.329 e. The third kappa shape index (κ3) is 1.92. The summed E-state index contributed by atoms with van der Waals surface area (Å²) < 4.78 is 0. The van der Waals surface area contributed by atoms with Gasteiger partial charge in [0.25, 0.3) is 5.91 Å². The number of carbonyl (C=O) groups is 1. The molecule has 2 aliphatic heterocycles. The number of rotatable bonds is 1. The van der Waals surface area contributed by atoms with Crippen LogP contribution in [0.3, 0.4) is 0 Å². The number of fused-ring (bicyclic) bond motifs is 1. The number of hydrogen-bond acceptors (Lipinski definition) is 3. The molecule has 1 N–H and O–H groups in total. The molecule has 4 atom stereocenters. The van der Waals surface area contributed by atoms with Crippen molar-refractivity contribution >= 4 is 5.91 Å². The Morgan fingerprint density at radius 1 is 1.38 bits per heavy atom. The van der Waals surface area contributed by atoms with Crippen LogP contribution in [0.4, 0.5) is 0 Å². The van der Waals surface area contributed by atoms with E-state index in [1.165, 1.54) is 19.3 Å². The van der Waals surface area contributed by atoms with Crippen molar-refractivity contribution in [3.63, 3.8) is 0 Å². The van der Waals surface area contributed by atoms with Crippen LogP contribution >= 0.6 is 0 Å². The molecular formula is C17H23N3O. The summed E-state index contributed by atoms with van der Waals surface area (Å²) >= 11 is 0. The molecule has 0 aromatic carbocycles. The molecule has 4 heteroatoms. The van der Waals surface area contributed by atoms with Crippen LogP contribution in [0.5, 0.6) is 0 Å². The molecule has 21 heavy (non-hydrogen) atoms. The Morgan fingerprint density at radius 2 is 2.24 bits per heavy atom. The minimum absolute atomic E-state index is 0.124. The van der Waals surface area contributed by atoms with Crippen molar-refractivity contribution in [1.82, 2.24) is 15.2 Å². The fourth-order valence-electron chi connectivity index (χ4n) is 4.89. The second kappa shape index (κ2) is 4.80. The lowest BCUT2D eigenvalue weighted by Gasteiger charge is -2.39. The first-order chi connectivity index (χ1) is 10.2. The Hall–Kier alpha value is -1.42. The van der Waals surface area contributed by atoms with Gasteiger partial charge in [0.1, 0.15) is 5.69 Å². The second-order valence-electron chi connectivity index (χ2n) is 7.05. The van der Waals surface area contributed by atoms with Crippen molar-refractivity contribution in [3.8, 4) is 0 Å². The SMILES string of the molecule is C[C@@]12C[C@H]3CN[C@@H]1CCCC[C@@H]2N3C(=O)c1ccccn1. The maximum Gasteiger partial charge on any atom is 0.273 e. The van der Waals surface area contributed by atoms with Gasteiger partial charge in [0.05, 0.1) is 0 Å². The van der Waals surface area contributed by atoms with Crippen molar-refractivity contribution in [1.29, 1.82) is 0 Å². The molecule has 1 aromatic heterocycles. The predicted octanol–water partition coefficient (Wildman–Crippen LogP) is 2.22. The van der Waals surface area contributed by atoms with E-state index in [0.717, 1.165) is 19.4 Å². The van der Waals surface area contributed by atoms with E-state index in [2.05, 4.69) is 22.1 Å². The standard InChI is InChI=1S/C17H23N3O/c1-17-10-12-11-19-14(17)7-2-3-8-15(17)20(12)16(21)13-6-4-5-9-18-13/h4-6,9,12,14-15,19H,2-3,7-8,10-11H2,1H3/t12-,14+,15-,17+/m0/s1. The van der Waals surface area contributed by atoms with Crippen LogP contribution in [0.1, 0.15) is 49.5 Å². The van der Waals surface area contributed by atoms with Gasteiger partial charge in [-0.25, -0.2) is 0 Å². The van der Waals surface area contributed by atoms with Crippen LogP contribution in [0.2, 0.25) is 0 Å². The van der Waals surface area contributed by atoms with Gasteiger partial charge in [-0.05, 0) is 31.4 Å². The van der Waals surface area contributed by atoms with Crippen molar-refractivity contribution in [3.05, 3.63) is 30.1 Å². The molecule has 1 aromatic rings. The molecule has 3 fully saturated rings. The fourth-order valence-corrected chi connectivity index (χ4v) is 4.89. The summed E-state index contributed by atoms with van der Waals surface area (Å²) in [4.78, 5) is 19.4. The highest BCUT2D eigenvalue weighted by Gasteiger charge is 2.57. The van der Waals surface area contributed by atoms with E-state index < -0.39 is 0 Å². The van der Waals surface area contributed by atoms with E-state index in [1.54, 1.807) is 6.20 Å². The van der Waals surface area contributed by atoms with Gasteiger partial charge in [-0.2, -0.15) is 0 Å². The summed E-state index contributed by atoms with van der Waals surface area (Å²) in [6.45, 7) is 3.33. The Morgan fingerprint density at radius 3 is 3.05 bits per heavy atom. The second-order valence-corrected chi connectivity index (χ2v) is 7.05. The molecule has 0 radical (unpaired) electrons. The smallest absolute Gasteiger partial charge is 0.273 e. The zero-order valence-corrected chi connectivity index (χ0v) is 12.6. The maximum absolute atomic E-state index is 13.0. The number of nitrogens with one attached hydrogen (secondary N) is 1. The number of hydrogen-bond donors (Lipinski definition) is 1. The number of carbonyl (C=O) groups excluding carboxylic acids is 1. The number of amides is 1. The van der Waals surface area contributed by atoms with Gasteiger partial charge in [0, 0.05) is 36.3 Å². The Balaban J connectivity index is 1.71. The molecule has 2 bridgehead atoms. The summed E-state index contributed by atoms with van der Waals surface area (Å²) in [6, 6.07) is 6.89. The normalized spacial score (nSPS) is 38.1. The van der Waals surface area contributed by atoms with Crippen molar-refractivity contribution in [2.24, 2.45) is 5.41 Å². The van der Waals surface area contributed by atoms with Crippen LogP contribution in [-0.4, -0.2) is 40.5 Å². The summed E-state index contributed by atoms with van der Waals surface area (Å²) in [5.41, 5.74) is 0.832. The summed E-state index contributed by atoms with van der Waals surface area (Å²) in [5.74, 6) is 0.124. The molecule has 4 nitrogen and oxygen atoms in total. The lowest BCUT2D eigenvalue weighted by Crippen LogP contribution is -2.51. The van der Waals surface area contributed by atoms with Crippen molar-refractivity contribution in [2.75, 3.05) is 6.54 Å². The van der Waals surface area contributed by atoms with Gasteiger partial charge >= 0.3 is 0 Å². The van der Waals surface area contributed by atoms with Crippen molar-refractivity contribution in [2.45, 2.75) is 57.2 Å². The first-order valence-electron chi connectivity index (χ1n) is 8.17.